The minimum absolute atomic E-state index is 0.406. The largest absolute Gasteiger partial charge is 0.299 e. The van der Waals surface area contributed by atoms with Gasteiger partial charge in [-0.15, -0.1) is 0 Å². The SMILES string of the molecule is CCCC1CCC(CC(C)C)CC1=O. The van der Waals surface area contributed by atoms with E-state index in [-0.39, 0.29) is 0 Å². The van der Waals surface area contributed by atoms with Gasteiger partial charge in [-0.1, -0.05) is 27.2 Å². The first kappa shape index (κ1) is 11.7. The third-order valence-corrected chi connectivity index (χ3v) is 3.31. The average Bonchev–Trinajstić information content (AvgIpc) is 2.09. The van der Waals surface area contributed by atoms with Gasteiger partial charge in [0.2, 0.25) is 0 Å². The molecule has 14 heavy (non-hydrogen) atoms. The highest BCUT2D eigenvalue weighted by Crippen LogP contribution is 2.32. The Labute approximate surface area is 88.3 Å². The van der Waals surface area contributed by atoms with E-state index in [1.807, 2.05) is 0 Å². The molecule has 0 aromatic carbocycles. The molecular formula is C13H24O. The number of Topliss-reactive ketones (excluding diaryl/α,β-unsaturated/α-hetero) is 1. The van der Waals surface area contributed by atoms with Crippen LogP contribution in [0.2, 0.25) is 0 Å². The van der Waals surface area contributed by atoms with Crippen LogP contribution in [0.5, 0.6) is 0 Å². The zero-order valence-electron chi connectivity index (χ0n) is 9.88. The predicted octanol–water partition coefficient (Wildman–Crippen LogP) is 3.82. The van der Waals surface area contributed by atoms with Crippen molar-refractivity contribution in [2.45, 2.75) is 59.3 Å². The Morgan fingerprint density at radius 3 is 2.57 bits per heavy atom. The fourth-order valence-electron chi connectivity index (χ4n) is 2.67. The summed E-state index contributed by atoms with van der Waals surface area (Å²) in [5, 5.41) is 0. The second-order valence-electron chi connectivity index (χ2n) is 5.23. The molecule has 1 fully saturated rings. The quantitative estimate of drug-likeness (QED) is 0.668. The summed E-state index contributed by atoms with van der Waals surface area (Å²) < 4.78 is 0. The Morgan fingerprint density at radius 1 is 1.36 bits per heavy atom. The second-order valence-corrected chi connectivity index (χ2v) is 5.23. The normalized spacial score (nSPS) is 28.4. The highest BCUT2D eigenvalue weighted by molar-refractivity contribution is 5.81. The summed E-state index contributed by atoms with van der Waals surface area (Å²) in [5.41, 5.74) is 0. The van der Waals surface area contributed by atoms with Crippen LogP contribution in [-0.2, 0) is 4.79 Å². The number of ketones is 1. The van der Waals surface area contributed by atoms with Crippen LogP contribution in [0.15, 0.2) is 0 Å². The highest BCUT2D eigenvalue weighted by atomic mass is 16.1. The third-order valence-electron chi connectivity index (χ3n) is 3.31. The van der Waals surface area contributed by atoms with Crippen LogP contribution in [0, 0.1) is 17.8 Å². The molecule has 0 aliphatic heterocycles. The minimum atomic E-state index is 0.406. The van der Waals surface area contributed by atoms with Crippen LogP contribution in [0.1, 0.15) is 59.3 Å². The second kappa shape index (κ2) is 5.53. The van der Waals surface area contributed by atoms with E-state index in [2.05, 4.69) is 20.8 Å². The lowest BCUT2D eigenvalue weighted by atomic mass is 9.76. The van der Waals surface area contributed by atoms with Crippen molar-refractivity contribution >= 4 is 5.78 Å². The molecule has 1 nitrogen and oxygen atoms in total. The molecule has 2 unspecified atom stereocenters. The van der Waals surface area contributed by atoms with Crippen molar-refractivity contribution in [1.82, 2.24) is 0 Å². The Balaban J connectivity index is 2.35. The molecule has 0 spiro atoms. The van der Waals surface area contributed by atoms with Crippen molar-refractivity contribution in [3.05, 3.63) is 0 Å². The van der Waals surface area contributed by atoms with Gasteiger partial charge < -0.3 is 0 Å². The number of carbonyl (C=O) groups excluding carboxylic acids is 1. The zero-order valence-corrected chi connectivity index (χ0v) is 9.88. The van der Waals surface area contributed by atoms with Crippen molar-refractivity contribution in [3.63, 3.8) is 0 Å². The maximum Gasteiger partial charge on any atom is 0.136 e. The molecule has 0 amide bonds. The molecule has 0 radical (unpaired) electrons. The molecule has 0 saturated heterocycles. The Bertz CT molecular complexity index is 184. The van der Waals surface area contributed by atoms with E-state index in [4.69, 9.17) is 0 Å². The molecular weight excluding hydrogens is 172 g/mol. The monoisotopic (exact) mass is 196 g/mol. The van der Waals surface area contributed by atoms with Gasteiger partial charge in [-0.2, -0.15) is 0 Å². The van der Waals surface area contributed by atoms with Crippen LogP contribution in [-0.4, -0.2) is 5.78 Å². The first-order chi connectivity index (χ1) is 6.63. The lowest BCUT2D eigenvalue weighted by Gasteiger charge is -2.28. The van der Waals surface area contributed by atoms with Gasteiger partial charge >= 0.3 is 0 Å². The van der Waals surface area contributed by atoms with Gasteiger partial charge in [0.25, 0.3) is 0 Å². The summed E-state index contributed by atoms with van der Waals surface area (Å²) in [6, 6.07) is 0. The lowest BCUT2D eigenvalue weighted by molar-refractivity contribution is -0.126. The summed E-state index contributed by atoms with van der Waals surface area (Å²) >= 11 is 0. The van der Waals surface area contributed by atoms with Gasteiger partial charge in [0.05, 0.1) is 0 Å². The molecule has 1 saturated carbocycles. The average molecular weight is 196 g/mol. The Morgan fingerprint density at radius 2 is 2.07 bits per heavy atom. The Hall–Kier alpha value is -0.330. The highest BCUT2D eigenvalue weighted by Gasteiger charge is 2.27. The van der Waals surface area contributed by atoms with Crippen LogP contribution in [0.3, 0.4) is 0 Å². The summed E-state index contributed by atoms with van der Waals surface area (Å²) in [5.74, 6) is 2.39. The lowest BCUT2D eigenvalue weighted by Crippen LogP contribution is -2.25. The van der Waals surface area contributed by atoms with E-state index in [9.17, 15) is 4.79 Å². The Kier molecular flexibility index (Phi) is 4.64. The van der Waals surface area contributed by atoms with E-state index in [1.54, 1.807) is 0 Å². The maximum absolute atomic E-state index is 11.8. The first-order valence-corrected chi connectivity index (χ1v) is 6.16. The summed E-state index contributed by atoms with van der Waals surface area (Å²) in [6.07, 6.45) is 6.82. The molecule has 2 atom stereocenters. The van der Waals surface area contributed by atoms with Gasteiger partial charge in [-0.05, 0) is 37.5 Å². The molecule has 1 rings (SSSR count). The van der Waals surface area contributed by atoms with Crippen molar-refractivity contribution in [2.24, 2.45) is 17.8 Å². The van der Waals surface area contributed by atoms with Crippen molar-refractivity contribution in [1.29, 1.82) is 0 Å². The standard InChI is InChI=1S/C13H24O/c1-4-5-12-7-6-11(8-10(2)3)9-13(12)14/h10-12H,4-9H2,1-3H3. The fourth-order valence-corrected chi connectivity index (χ4v) is 2.67. The summed E-state index contributed by atoms with van der Waals surface area (Å²) in [6.45, 7) is 6.68. The van der Waals surface area contributed by atoms with Crippen LogP contribution in [0.4, 0.5) is 0 Å². The van der Waals surface area contributed by atoms with Gasteiger partial charge in [0.1, 0.15) is 5.78 Å². The predicted molar refractivity (Wildman–Crippen MR) is 60.2 cm³/mol. The van der Waals surface area contributed by atoms with E-state index < -0.39 is 0 Å². The van der Waals surface area contributed by atoms with Crippen molar-refractivity contribution < 1.29 is 4.79 Å². The maximum atomic E-state index is 11.8. The van der Waals surface area contributed by atoms with Gasteiger partial charge in [-0.25, -0.2) is 0 Å². The molecule has 82 valence electrons. The minimum Gasteiger partial charge on any atom is -0.299 e. The van der Waals surface area contributed by atoms with Crippen molar-refractivity contribution in [3.8, 4) is 0 Å². The van der Waals surface area contributed by atoms with Gasteiger partial charge in [0.15, 0.2) is 0 Å². The number of carbonyl (C=O) groups is 1. The van der Waals surface area contributed by atoms with Crippen LogP contribution >= 0.6 is 0 Å². The smallest absolute Gasteiger partial charge is 0.136 e. The molecule has 0 bridgehead atoms. The number of hydrogen-bond acceptors (Lipinski definition) is 1. The van der Waals surface area contributed by atoms with E-state index in [0.717, 1.165) is 31.6 Å². The topological polar surface area (TPSA) is 17.1 Å². The zero-order chi connectivity index (χ0) is 10.6. The van der Waals surface area contributed by atoms with E-state index in [0.29, 0.717) is 17.6 Å². The van der Waals surface area contributed by atoms with E-state index in [1.165, 1.54) is 12.8 Å². The first-order valence-electron chi connectivity index (χ1n) is 6.16. The molecule has 1 aliphatic carbocycles. The molecule has 0 aromatic heterocycles. The molecule has 0 heterocycles. The van der Waals surface area contributed by atoms with Crippen LogP contribution in [0.25, 0.3) is 0 Å². The molecule has 1 heteroatoms. The molecule has 0 aromatic rings. The molecule has 1 aliphatic rings. The number of hydrogen-bond donors (Lipinski definition) is 0. The summed E-state index contributed by atoms with van der Waals surface area (Å²) in [4.78, 5) is 11.8. The van der Waals surface area contributed by atoms with Crippen molar-refractivity contribution in [2.75, 3.05) is 0 Å². The summed E-state index contributed by atoms with van der Waals surface area (Å²) in [7, 11) is 0. The third kappa shape index (κ3) is 3.43. The van der Waals surface area contributed by atoms with Gasteiger partial charge in [-0.3, -0.25) is 4.79 Å². The fraction of sp³-hybridized carbons (Fsp3) is 0.923. The number of rotatable bonds is 4. The van der Waals surface area contributed by atoms with Crippen LogP contribution < -0.4 is 0 Å². The van der Waals surface area contributed by atoms with Gasteiger partial charge in [0, 0.05) is 12.3 Å². The van der Waals surface area contributed by atoms with E-state index >= 15 is 0 Å². The molecule has 0 N–H and O–H groups in total.